The molecule has 7 nitrogen and oxygen atoms in total. The summed E-state index contributed by atoms with van der Waals surface area (Å²) in [6.45, 7) is 3.56. The quantitative estimate of drug-likeness (QED) is 0.821. The molecule has 0 saturated heterocycles. The van der Waals surface area contributed by atoms with Gasteiger partial charge < -0.3 is 5.11 Å². The van der Waals surface area contributed by atoms with E-state index in [0.29, 0.717) is 17.0 Å². The molecule has 2 N–H and O–H groups in total. The van der Waals surface area contributed by atoms with Gasteiger partial charge >= 0.3 is 5.97 Å². The molecular weight excluding hydrogens is 326 g/mol. The van der Waals surface area contributed by atoms with Crippen LogP contribution in [0.15, 0.2) is 23.4 Å². The number of aryl methyl sites for hydroxylation is 2. The second kappa shape index (κ2) is 6.51. The molecule has 0 fully saturated rings. The third kappa shape index (κ3) is 3.87. The van der Waals surface area contributed by atoms with Crippen LogP contribution < -0.4 is 4.72 Å². The standard InChI is InChI=1S/C13H15N3O4S2/c1-8-6-15-10(7-14-8)3-4-16-22(19,20)12-5-11(13(17)18)21-9(12)2/h5-7,16H,3-4H2,1-2H3,(H,17,18). The van der Waals surface area contributed by atoms with Crippen molar-refractivity contribution in [2.45, 2.75) is 25.2 Å². The van der Waals surface area contributed by atoms with Gasteiger partial charge in [0.25, 0.3) is 0 Å². The lowest BCUT2D eigenvalue weighted by Gasteiger charge is -2.06. The van der Waals surface area contributed by atoms with E-state index in [1.807, 2.05) is 6.92 Å². The van der Waals surface area contributed by atoms with Crippen LogP contribution in [0.5, 0.6) is 0 Å². The number of carboxylic acids is 1. The molecule has 0 saturated carbocycles. The topological polar surface area (TPSA) is 109 Å². The van der Waals surface area contributed by atoms with Gasteiger partial charge in [-0.1, -0.05) is 0 Å². The van der Waals surface area contributed by atoms with Crippen molar-refractivity contribution in [1.29, 1.82) is 0 Å². The Balaban J connectivity index is 2.05. The number of nitrogens with zero attached hydrogens (tertiary/aromatic N) is 2. The Morgan fingerprint density at radius 3 is 2.59 bits per heavy atom. The zero-order valence-corrected chi connectivity index (χ0v) is 13.7. The highest BCUT2D eigenvalue weighted by Gasteiger charge is 2.21. The highest BCUT2D eigenvalue weighted by Crippen LogP contribution is 2.25. The van der Waals surface area contributed by atoms with Crippen molar-refractivity contribution in [3.05, 3.63) is 39.6 Å². The van der Waals surface area contributed by atoms with Crippen LogP contribution in [-0.4, -0.2) is 36.0 Å². The molecule has 0 unspecified atom stereocenters. The number of sulfonamides is 1. The fourth-order valence-corrected chi connectivity index (χ4v) is 4.24. The van der Waals surface area contributed by atoms with Gasteiger partial charge in [0, 0.05) is 30.2 Å². The normalized spacial score (nSPS) is 11.5. The SMILES string of the molecule is Cc1cnc(CCNS(=O)(=O)c2cc(C(=O)O)sc2C)cn1. The predicted octanol–water partition coefficient (Wildman–Crippen LogP) is 1.37. The summed E-state index contributed by atoms with van der Waals surface area (Å²) in [7, 11) is -3.73. The molecule has 2 aromatic heterocycles. The molecule has 2 aromatic rings. The molecular formula is C13H15N3O4S2. The van der Waals surface area contributed by atoms with E-state index in [2.05, 4.69) is 14.7 Å². The van der Waals surface area contributed by atoms with Gasteiger partial charge in [0.1, 0.15) is 4.88 Å². The maximum absolute atomic E-state index is 12.2. The van der Waals surface area contributed by atoms with Gasteiger partial charge in [0.15, 0.2) is 0 Å². The molecule has 22 heavy (non-hydrogen) atoms. The second-order valence-electron chi connectivity index (χ2n) is 4.63. The Labute approximate surface area is 132 Å². The molecule has 0 aliphatic heterocycles. The van der Waals surface area contributed by atoms with Crippen molar-refractivity contribution in [1.82, 2.24) is 14.7 Å². The van der Waals surface area contributed by atoms with Crippen molar-refractivity contribution >= 4 is 27.3 Å². The Bertz CT molecular complexity index is 782. The second-order valence-corrected chi connectivity index (χ2v) is 7.62. The number of carbonyl (C=O) groups is 1. The number of rotatable bonds is 6. The molecule has 0 aliphatic rings. The van der Waals surface area contributed by atoms with Crippen LogP contribution in [0.25, 0.3) is 0 Å². The molecule has 0 spiro atoms. The Morgan fingerprint density at radius 2 is 2.05 bits per heavy atom. The lowest BCUT2D eigenvalue weighted by atomic mass is 10.3. The first-order valence-electron chi connectivity index (χ1n) is 6.40. The summed E-state index contributed by atoms with van der Waals surface area (Å²) in [5.41, 5.74) is 1.47. The number of aromatic nitrogens is 2. The maximum Gasteiger partial charge on any atom is 0.345 e. The van der Waals surface area contributed by atoms with Crippen molar-refractivity contribution < 1.29 is 18.3 Å². The zero-order chi connectivity index (χ0) is 16.3. The summed E-state index contributed by atoms with van der Waals surface area (Å²) in [6.07, 6.45) is 3.62. The van der Waals surface area contributed by atoms with Gasteiger partial charge in [0.05, 0.1) is 16.3 Å². The van der Waals surface area contributed by atoms with Gasteiger partial charge in [-0.25, -0.2) is 17.9 Å². The molecule has 0 atom stereocenters. The molecule has 0 radical (unpaired) electrons. The number of carboxylic acid groups (broad SMARTS) is 1. The number of aromatic carboxylic acids is 1. The number of hydrogen-bond acceptors (Lipinski definition) is 6. The maximum atomic E-state index is 12.2. The molecule has 0 aliphatic carbocycles. The van der Waals surface area contributed by atoms with Crippen molar-refractivity contribution in [3.63, 3.8) is 0 Å². The molecule has 2 rings (SSSR count). The molecule has 0 bridgehead atoms. The summed E-state index contributed by atoms with van der Waals surface area (Å²) in [5.74, 6) is -1.13. The fraction of sp³-hybridized carbons (Fsp3) is 0.308. The van der Waals surface area contributed by atoms with E-state index in [-0.39, 0.29) is 16.3 Å². The highest BCUT2D eigenvalue weighted by molar-refractivity contribution is 7.89. The van der Waals surface area contributed by atoms with Gasteiger partial charge in [-0.05, 0) is 19.9 Å². The van der Waals surface area contributed by atoms with Crippen LogP contribution in [0.4, 0.5) is 0 Å². The largest absolute Gasteiger partial charge is 0.477 e. The van der Waals surface area contributed by atoms with Crippen LogP contribution in [0.3, 0.4) is 0 Å². The summed E-state index contributed by atoms with van der Waals surface area (Å²) >= 11 is 0.940. The molecule has 118 valence electrons. The Kier molecular flexibility index (Phi) is 4.89. The van der Waals surface area contributed by atoms with Crippen LogP contribution in [0, 0.1) is 13.8 Å². The summed E-state index contributed by atoms with van der Waals surface area (Å²) in [6, 6.07) is 1.18. The summed E-state index contributed by atoms with van der Waals surface area (Å²) in [5, 5.41) is 8.92. The highest BCUT2D eigenvalue weighted by atomic mass is 32.2. The molecule has 0 aromatic carbocycles. The van der Waals surface area contributed by atoms with Gasteiger partial charge in [0.2, 0.25) is 10.0 Å². The first kappa shape index (κ1) is 16.5. The van der Waals surface area contributed by atoms with Gasteiger partial charge in [-0.2, -0.15) is 0 Å². The van der Waals surface area contributed by atoms with E-state index < -0.39 is 16.0 Å². The Morgan fingerprint density at radius 1 is 1.32 bits per heavy atom. The smallest absolute Gasteiger partial charge is 0.345 e. The lowest BCUT2D eigenvalue weighted by molar-refractivity contribution is 0.0702. The van der Waals surface area contributed by atoms with Crippen LogP contribution >= 0.6 is 11.3 Å². The lowest BCUT2D eigenvalue weighted by Crippen LogP contribution is -2.26. The fourth-order valence-electron chi connectivity index (χ4n) is 1.78. The third-order valence-corrected chi connectivity index (χ3v) is 5.64. The minimum absolute atomic E-state index is 0.00211. The molecule has 9 heteroatoms. The van der Waals surface area contributed by atoms with E-state index >= 15 is 0 Å². The van der Waals surface area contributed by atoms with Gasteiger partial charge in [-0.15, -0.1) is 11.3 Å². The molecule has 0 amide bonds. The Hall–Kier alpha value is -1.84. The summed E-state index contributed by atoms with van der Waals surface area (Å²) < 4.78 is 26.8. The number of nitrogens with one attached hydrogen (secondary N) is 1. The number of hydrogen-bond donors (Lipinski definition) is 2. The van der Waals surface area contributed by atoms with E-state index in [9.17, 15) is 13.2 Å². The van der Waals surface area contributed by atoms with Crippen molar-refractivity contribution in [2.24, 2.45) is 0 Å². The van der Waals surface area contributed by atoms with E-state index in [1.165, 1.54) is 6.07 Å². The minimum Gasteiger partial charge on any atom is -0.477 e. The van der Waals surface area contributed by atoms with E-state index in [4.69, 9.17) is 5.11 Å². The van der Waals surface area contributed by atoms with Gasteiger partial charge in [-0.3, -0.25) is 9.97 Å². The monoisotopic (exact) mass is 341 g/mol. The average molecular weight is 341 g/mol. The van der Waals surface area contributed by atoms with Crippen LogP contribution in [0.2, 0.25) is 0 Å². The van der Waals surface area contributed by atoms with Crippen LogP contribution in [0.1, 0.15) is 25.9 Å². The van der Waals surface area contributed by atoms with E-state index in [1.54, 1.807) is 19.3 Å². The third-order valence-electron chi connectivity index (χ3n) is 2.88. The number of thiophene rings is 1. The predicted molar refractivity (Wildman–Crippen MR) is 81.7 cm³/mol. The first-order chi connectivity index (χ1) is 10.3. The summed E-state index contributed by atoms with van der Waals surface area (Å²) in [4.78, 5) is 19.6. The van der Waals surface area contributed by atoms with E-state index in [0.717, 1.165) is 17.0 Å². The van der Waals surface area contributed by atoms with Crippen LogP contribution in [-0.2, 0) is 16.4 Å². The zero-order valence-electron chi connectivity index (χ0n) is 12.0. The average Bonchev–Trinajstić information content (AvgIpc) is 2.84. The molecule has 2 heterocycles. The first-order valence-corrected chi connectivity index (χ1v) is 8.70. The minimum atomic E-state index is -3.73. The van der Waals surface area contributed by atoms with Crippen molar-refractivity contribution in [2.75, 3.05) is 6.54 Å². The van der Waals surface area contributed by atoms with Crippen molar-refractivity contribution in [3.8, 4) is 0 Å².